The third kappa shape index (κ3) is 4.98. The lowest BCUT2D eigenvalue weighted by Gasteiger charge is -2.31. The van der Waals surface area contributed by atoms with E-state index in [4.69, 9.17) is 13.9 Å². The van der Waals surface area contributed by atoms with Crippen molar-refractivity contribution in [3.63, 3.8) is 0 Å². The Labute approximate surface area is 206 Å². The summed E-state index contributed by atoms with van der Waals surface area (Å²) < 4.78 is 42.6. The number of benzene rings is 2. The van der Waals surface area contributed by atoms with Crippen molar-refractivity contribution in [3.8, 4) is 11.5 Å². The highest BCUT2D eigenvalue weighted by Crippen LogP contribution is 2.32. The number of furan rings is 1. The van der Waals surface area contributed by atoms with Crippen molar-refractivity contribution in [3.05, 3.63) is 76.2 Å². The Kier molecular flexibility index (Phi) is 6.37. The average Bonchev–Trinajstić information content (AvgIpc) is 3.48. The number of rotatable bonds is 6. The standard InChI is InChI=1S/C24H23BrN2O6S/c25-18-2-5-20(6-3-18)34(29,30)15-19-4-8-22(33-19)24(28)27-11-9-26(10-12-27)14-17-1-7-21-23(13-17)32-16-31-21/h1-8,13H,9-12,14-16H2/p+1. The molecule has 1 amide bonds. The summed E-state index contributed by atoms with van der Waals surface area (Å²) in [6.45, 7) is 3.93. The smallest absolute Gasteiger partial charge is 0.289 e. The number of sulfone groups is 1. The summed E-state index contributed by atoms with van der Waals surface area (Å²) in [5.41, 5.74) is 1.17. The fourth-order valence-electron chi connectivity index (χ4n) is 4.18. The molecular formula is C24H24BrN2O6S+. The second-order valence-corrected chi connectivity index (χ2v) is 11.3. The first-order valence-corrected chi connectivity index (χ1v) is 13.4. The van der Waals surface area contributed by atoms with Gasteiger partial charge in [-0.2, -0.15) is 0 Å². The number of piperazine rings is 1. The number of quaternary nitrogens is 1. The average molecular weight is 548 g/mol. The predicted molar refractivity (Wildman–Crippen MR) is 127 cm³/mol. The molecule has 0 unspecified atom stereocenters. The van der Waals surface area contributed by atoms with Crippen LogP contribution in [0.25, 0.3) is 0 Å². The van der Waals surface area contributed by atoms with Crippen molar-refractivity contribution in [1.29, 1.82) is 0 Å². The van der Waals surface area contributed by atoms with Crippen LogP contribution in [0.1, 0.15) is 21.9 Å². The molecule has 10 heteroatoms. The summed E-state index contributed by atoms with van der Waals surface area (Å²) in [6.07, 6.45) is 0. The lowest BCUT2D eigenvalue weighted by Crippen LogP contribution is -3.13. The molecular weight excluding hydrogens is 524 g/mol. The highest BCUT2D eigenvalue weighted by atomic mass is 79.9. The van der Waals surface area contributed by atoms with Crippen LogP contribution in [0.15, 0.2) is 68.4 Å². The molecule has 0 bridgehead atoms. The van der Waals surface area contributed by atoms with E-state index >= 15 is 0 Å². The van der Waals surface area contributed by atoms with Gasteiger partial charge in [-0.15, -0.1) is 0 Å². The summed E-state index contributed by atoms with van der Waals surface area (Å²) in [6, 6.07) is 15.5. The molecule has 178 valence electrons. The van der Waals surface area contributed by atoms with Crippen LogP contribution in [0.2, 0.25) is 0 Å². The number of carbonyl (C=O) groups excluding carboxylic acids is 1. The van der Waals surface area contributed by atoms with Crippen LogP contribution >= 0.6 is 15.9 Å². The van der Waals surface area contributed by atoms with E-state index in [9.17, 15) is 13.2 Å². The summed E-state index contributed by atoms with van der Waals surface area (Å²) in [7, 11) is -3.57. The topological polar surface area (TPSA) is 90.5 Å². The number of ether oxygens (including phenoxy) is 2. The van der Waals surface area contributed by atoms with Crippen molar-refractivity contribution in [2.24, 2.45) is 0 Å². The summed E-state index contributed by atoms with van der Waals surface area (Å²) in [5.74, 6) is 1.46. The molecule has 2 aliphatic heterocycles. The van der Waals surface area contributed by atoms with Crippen LogP contribution in [-0.2, 0) is 22.1 Å². The molecule has 2 aliphatic rings. The number of amides is 1. The molecule has 1 fully saturated rings. The molecule has 8 nitrogen and oxygen atoms in total. The van der Waals surface area contributed by atoms with Gasteiger partial charge in [0, 0.05) is 10.0 Å². The van der Waals surface area contributed by atoms with Gasteiger partial charge in [0.05, 0.1) is 31.1 Å². The van der Waals surface area contributed by atoms with Crippen LogP contribution < -0.4 is 14.4 Å². The number of halogens is 1. The van der Waals surface area contributed by atoms with Crippen molar-refractivity contribution >= 4 is 31.7 Å². The number of hydrogen-bond acceptors (Lipinski definition) is 6. The predicted octanol–water partition coefficient (Wildman–Crippen LogP) is 2.29. The minimum Gasteiger partial charge on any atom is -0.455 e. The molecule has 1 saturated heterocycles. The fourth-order valence-corrected chi connectivity index (χ4v) is 5.69. The Bertz CT molecular complexity index is 1300. The maximum Gasteiger partial charge on any atom is 0.289 e. The van der Waals surface area contributed by atoms with E-state index in [0.29, 0.717) is 13.1 Å². The van der Waals surface area contributed by atoms with Crippen molar-refractivity contribution < 1.29 is 32.0 Å². The van der Waals surface area contributed by atoms with Gasteiger partial charge in [-0.05, 0) is 54.6 Å². The molecule has 0 spiro atoms. The minimum absolute atomic E-state index is 0.167. The van der Waals surface area contributed by atoms with Crippen molar-refractivity contribution in [1.82, 2.24) is 4.90 Å². The Morgan fingerprint density at radius 3 is 2.47 bits per heavy atom. The van der Waals surface area contributed by atoms with Gasteiger partial charge in [-0.1, -0.05) is 15.9 Å². The Morgan fingerprint density at radius 2 is 1.71 bits per heavy atom. The molecule has 0 aliphatic carbocycles. The Hall–Kier alpha value is -2.82. The van der Waals surface area contributed by atoms with Gasteiger partial charge < -0.3 is 23.7 Å². The van der Waals surface area contributed by atoms with E-state index < -0.39 is 9.84 Å². The number of hydrogen-bond donors (Lipinski definition) is 1. The first-order valence-electron chi connectivity index (χ1n) is 11.0. The zero-order chi connectivity index (χ0) is 23.7. The number of carbonyl (C=O) groups is 1. The van der Waals surface area contributed by atoms with Gasteiger partial charge in [-0.3, -0.25) is 4.79 Å². The zero-order valence-corrected chi connectivity index (χ0v) is 20.7. The first kappa shape index (κ1) is 22.9. The van der Waals surface area contributed by atoms with Crippen LogP contribution in [0, 0.1) is 0 Å². The highest BCUT2D eigenvalue weighted by molar-refractivity contribution is 9.10. The van der Waals surface area contributed by atoms with Crippen molar-refractivity contribution in [2.75, 3.05) is 33.0 Å². The second-order valence-electron chi connectivity index (χ2n) is 8.39. The summed E-state index contributed by atoms with van der Waals surface area (Å²) >= 11 is 3.30. The second kappa shape index (κ2) is 9.44. The third-order valence-electron chi connectivity index (χ3n) is 6.03. The molecule has 1 aromatic heterocycles. The monoisotopic (exact) mass is 547 g/mol. The molecule has 3 aromatic rings. The highest BCUT2D eigenvalue weighted by Gasteiger charge is 2.27. The van der Waals surface area contributed by atoms with E-state index in [1.807, 2.05) is 18.2 Å². The number of nitrogens with one attached hydrogen (secondary N) is 1. The Balaban J connectivity index is 1.16. The molecule has 0 atom stereocenters. The quantitative estimate of drug-likeness (QED) is 0.509. The first-order chi connectivity index (χ1) is 16.4. The number of fused-ring (bicyclic) bond motifs is 1. The fraction of sp³-hybridized carbons (Fsp3) is 0.292. The number of nitrogens with zero attached hydrogens (tertiary/aromatic N) is 1. The summed E-state index contributed by atoms with van der Waals surface area (Å²) in [5, 5.41) is 0. The molecule has 3 heterocycles. The van der Waals surface area contributed by atoms with Crippen LogP contribution in [0.5, 0.6) is 11.5 Å². The van der Waals surface area contributed by atoms with Gasteiger partial charge in [0.15, 0.2) is 27.1 Å². The van der Waals surface area contributed by atoms with E-state index in [-0.39, 0.29) is 34.9 Å². The normalized spacial score (nSPS) is 16.1. The third-order valence-corrected chi connectivity index (χ3v) is 8.21. The van der Waals surface area contributed by atoms with Gasteiger partial charge in [0.1, 0.15) is 18.1 Å². The van der Waals surface area contributed by atoms with Crippen LogP contribution in [0.3, 0.4) is 0 Å². The van der Waals surface area contributed by atoms with Crippen LogP contribution in [-0.4, -0.2) is 52.2 Å². The molecule has 0 saturated carbocycles. The minimum atomic E-state index is -3.57. The van der Waals surface area contributed by atoms with E-state index in [2.05, 4.69) is 15.9 Å². The molecule has 2 aromatic carbocycles. The van der Waals surface area contributed by atoms with Gasteiger partial charge >= 0.3 is 0 Å². The Morgan fingerprint density at radius 1 is 0.971 bits per heavy atom. The van der Waals surface area contributed by atoms with Crippen molar-refractivity contribution in [2.45, 2.75) is 17.2 Å². The lowest BCUT2D eigenvalue weighted by molar-refractivity contribution is -0.917. The van der Waals surface area contributed by atoms with E-state index in [0.717, 1.165) is 35.6 Å². The van der Waals surface area contributed by atoms with Crippen LogP contribution in [0.4, 0.5) is 0 Å². The molecule has 1 N–H and O–H groups in total. The maximum absolute atomic E-state index is 12.9. The SMILES string of the molecule is O=C(c1ccc(CS(=O)(=O)c2ccc(Br)cc2)o1)N1CC[NH+](Cc2ccc3c(c2)OCO3)CC1. The van der Waals surface area contributed by atoms with E-state index in [1.54, 1.807) is 41.3 Å². The lowest BCUT2D eigenvalue weighted by atomic mass is 10.1. The van der Waals surface area contributed by atoms with Gasteiger partial charge in [0.2, 0.25) is 6.79 Å². The van der Waals surface area contributed by atoms with Gasteiger partial charge in [0.25, 0.3) is 5.91 Å². The van der Waals surface area contributed by atoms with Gasteiger partial charge in [-0.25, -0.2) is 8.42 Å². The molecule has 0 radical (unpaired) electrons. The molecule has 5 rings (SSSR count). The zero-order valence-electron chi connectivity index (χ0n) is 18.3. The van der Waals surface area contributed by atoms with E-state index in [1.165, 1.54) is 10.5 Å². The summed E-state index contributed by atoms with van der Waals surface area (Å²) in [4.78, 5) is 16.3. The maximum atomic E-state index is 12.9. The largest absolute Gasteiger partial charge is 0.455 e. The molecule has 34 heavy (non-hydrogen) atoms.